The number of guanidine groups is 2. The summed E-state index contributed by atoms with van der Waals surface area (Å²) in [6.07, 6.45) is -0.338. The molecule has 8 N–H and O–H groups in total. The van der Waals surface area contributed by atoms with Gasteiger partial charge >= 0.3 is 0 Å². The molecule has 5 heterocycles. The lowest BCUT2D eigenvalue weighted by atomic mass is 9.79. The van der Waals surface area contributed by atoms with Crippen LogP contribution in [0.25, 0.3) is 0 Å². The first-order valence-corrected chi connectivity index (χ1v) is 13.8. The van der Waals surface area contributed by atoms with Crippen LogP contribution < -0.4 is 36.9 Å². The standard InChI is InChI=1S/C28H35N9O5/c1-27(2)10-11-42-20-14(6-4-7-15(20)27)23(39)33-18-13-37-26(30)34-17(21-28(37,22(18)38)36-25(29)35-21)12-31-24(40)16-8-5-9-19(32-16)41-3/h4-9,17-18,21-22,38H,10-13H2,1-3H3,(H2,30,34)(H,31,40)(H,33,39)(H3,29,35,36)/t17-,18+,21?,22+,28?/m0/s1. The van der Waals surface area contributed by atoms with Gasteiger partial charge in [0.2, 0.25) is 5.88 Å². The van der Waals surface area contributed by atoms with E-state index in [1.807, 2.05) is 12.1 Å². The number of aliphatic imine (C=N–C) groups is 2. The third-order valence-corrected chi connectivity index (χ3v) is 8.57. The van der Waals surface area contributed by atoms with Gasteiger partial charge in [0, 0.05) is 24.7 Å². The molecule has 1 aromatic carbocycles. The van der Waals surface area contributed by atoms with Crippen molar-refractivity contribution in [2.45, 2.75) is 55.6 Å². The zero-order valence-corrected chi connectivity index (χ0v) is 23.6. The van der Waals surface area contributed by atoms with Crippen LogP contribution in [-0.4, -0.2) is 95.4 Å². The largest absolute Gasteiger partial charge is 0.492 e. The minimum atomic E-state index is -1.27. The molecule has 0 radical (unpaired) electrons. The topological polar surface area (TPSA) is 202 Å². The van der Waals surface area contributed by atoms with Crippen LogP contribution in [0.5, 0.6) is 11.6 Å². The fourth-order valence-electron chi connectivity index (χ4n) is 6.34. The molecule has 1 saturated heterocycles. The van der Waals surface area contributed by atoms with Gasteiger partial charge in [0.1, 0.15) is 23.6 Å². The van der Waals surface area contributed by atoms with Crippen LogP contribution in [0.3, 0.4) is 0 Å². The zero-order valence-electron chi connectivity index (χ0n) is 23.6. The monoisotopic (exact) mass is 577 g/mol. The van der Waals surface area contributed by atoms with Crippen LogP contribution in [0.2, 0.25) is 0 Å². The second-order valence-electron chi connectivity index (χ2n) is 11.5. The molecule has 222 valence electrons. The van der Waals surface area contributed by atoms with Crippen molar-refractivity contribution in [3.05, 3.63) is 53.2 Å². The minimum absolute atomic E-state index is 0.0458. The van der Waals surface area contributed by atoms with E-state index in [1.165, 1.54) is 7.11 Å². The molecule has 2 unspecified atom stereocenters. The molecule has 4 aliphatic rings. The number of amides is 2. The Morgan fingerprint density at radius 2 is 1.98 bits per heavy atom. The van der Waals surface area contributed by atoms with Crippen LogP contribution in [0.1, 0.15) is 46.7 Å². The average molecular weight is 578 g/mol. The van der Waals surface area contributed by atoms with Gasteiger partial charge in [0.15, 0.2) is 17.6 Å². The normalized spacial score (nSPS) is 28.6. The van der Waals surface area contributed by atoms with Gasteiger partial charge in [-0.25, -0.2) is 15.0 Å². The fourth-order valence-corrected chi connectivity index (χ4v) is 6.34. The number of hydrogen-bond donors (Lipinski definition) is 6. The highest BCUT2D eigenvalue weighted by Gasteiger charge is 2.65. The SMILES string of the molecule is COc1cccc(C(=O)NC[C@@H]2N=C(N)N3C[C@@H](NC(=O)c4cccc5c4OCCC5(C)C)[C@@H](O)C34NC(N)=NC24)n1. The third kappa shape index (κ3) is 4.33. The van der Waals surface area contributed by atoms with E-state index in [9.17, 15) is 14.7 Å². The molecule has 0 aliphatic carbocycles. The first-order chi connectivity index (χ1) is 20.0. The average Bonchev–Trinajstić information content (AvgIpc) is 3.47. The number of hydrogen-bond acceptors (Lipinski definition) is 12. The summed E-state index contributed by atoms with van der Waals surface area (Å²) in [5.74, 6) is 0.276. The summed E-state index contributed by atoms with van der Waals surface area (Å²) in [5, 5.41) is 20.6. The number of aliphatic hydroxyl groups excluding tert-OH is 1. The molecule has 2 aromatic rings. The van der Waals surface area contributed by atoms with Gasteiger partial charge in [-0.3, -0.25) is 9.59 Å². The van der Waals surface area contributed by atoms with E-state index < -0.39 is 35.8 Å². The number of carbonyl (C=O) groups excluding carboxylic acids is 2. The molecule has 1 aromatic heterocycles. The van der Waals surface area contributed by atoms with Gasteiger partial charge in [-0.1, -0.05) is 32.0 Å². The molecule has 14 heteroatoms. The number of para-hydroxylation sites is 1. The Balaban J connectivity index is 1.22. The Labute approximate surface area is 242 Å². The molecule has 1 fully saturated rings. The maximum atomic E-state index is 13.6. The highest BCUT2D eigenvalue weighted by Crippen LogP contribution is 2.42. The van der Waals surface area contributed by atoms with E-state index in [-0.39, 0.29) is 42.0 Å². The molecule has 0 bridgehead atoms. The van der Waals surface area contributed by atoms with Gasteiger partial charge in [-0.05, 0) is 24.0 Å². The Bertz CT molecular complexity index is 1490. The van der Waals surface area contributed by atoms with Crippen molar-refractivity contribution < 1.29 is 24.2 Å². The Morgan fingerprint density at radius 3 is 2.76 bits per heavy atom. The lowest BCUT2D eigenvalue weighted by molar-refractivity contribution is 0.0143. The molecule has 5 atom stereocenters. The van der Waals surface area contributed by atoms with Crippen LogP contribution >= 0.6 is 0 Å². The number of methoxy groups -OCH3 is 1. The Hall–Kier alpha value is -4.59. The van der Waals surface area contributed by atoms with Crippen molar-refractivity contribution in [2.75, 3.05) is 26.8 Å². The molecule has 2 amide bonds. The van der Waals surface area contributed by atoms with E-state index in [2.05, 4.69) is 44.8 Å². The number of ether oxygens (including phenoxy) is 2. The van der Waals surface area contributed by atoms with Crippen LogP contribution in [-0.2, 0) is 5.41 Å². The second-order valence-corrected chi connectivity index (χ2v) is 11.5. The van der Waals surface area contributed by atoms with E-state index in [4.69, 9.17) is 20.9 Å². The molecule has 0 saturated carbocycles. The summed E-state index contributed by atoms with van der Waals surface area (Å²) >= 11 is 0. The van der Waals surface area contributed by atoms with Crippen LogP contribution in [0, 0.1) is 0 Å². The van der Waals surface area contributed by atoms with E-state index in [1.54, 1.807) is 29.2 Å². The Kier molecular flexibility index (Phi) is 6.60. The third-order valence-electron chi connectivity index (χ3n) is 8.57. The zero-order chi connectivity index (χ0) is 29.8. The number of aromatic nitrogens is 1. The van der Waals surface area contributed by atoms with E-state index >= 15 is 0 Å². The van der Waals surface area contributed by atoms with Gasteiger partial charge in [0.05, 0.1) is 31.4 Å². The van der Waals surface area contributed by atoms with Crippen LogP contribution in [0.4, 0.5) is 0 Å². The maximum absolute atomic E-state index is 13.6. The van der Waals surface area contributed by atoms with Crippen molar-refractivity contribution in [1.82, 2.24) is 25.8 Å². The predicted octanol–water partition coefficient (Wildman–Crippen LogP) is -0.965. The van der Waals surface area contributed by atoms with E-state index in [0.29, 0.717) is 23.8 Å². The predicted molar refractivity (Wildman–Crippen MR) is 153 cm³/mol. The van der Waals surface area contributed by atoms with Gasteiger partial charge < -0.3 is 46.9 Å². The first-order valence-electron chi connectivity index (χ1n) is 13.8. The number of aliphatic hydroxyl groups is 1. The van der Waals surface area contributed by atoms with Crippen molar-refractivity contribution >= 4 is 23.7 Å². The number of rotatable bonds is 6. The number of pyridine rings is 1. The first kappa shape index (κ1) is 27.6. The summed E-state index contributed by atoms with van der Waals surface area (Å²) in [5.41, 5.74) is 12.7. The number of benzene rings is 1. The Morgan fingerprint density at radius 1 is 1.19 bits per heavy atom. The van der Waals surface area contributed by atoms with Crippen LogP contribution in [0.15, 0.2) is 46.4 Å². The molecule has 14 nitrogen and oxygen atoms in total. The minimum Gasteiger partial charge on any atom is -0.492 e. The van der Waals surface area contributed by atoms with Gasteiger partial charge in [-0.15, -0.1) is 0 Å². The highest BCUT2D eigenvalue weighted by molar-refractivity contribution is 5.98. The summed E-state index contributed by atoms with van der Waals surface area (Å²) in [6.45, 7) is 4.96. The van der Waals surface area contributed by atoms with Gasteiger partial charge in [-0.2, -0.15) is 0 Å². The van der Waals surface area contributed by atoms with Crippen molar-refractivity contribution in [2.24, 2.45) is 21.5 Å². The van der Waals surface area contributed by atoms with Gasteiger partial charge in [0.25, 0.3) is 11.8 Å². The smallest absolute Gasteiger partial charge is 0.270 e. The molecule has 6 rings (SSSR count). The molecule has 4 aliphatic heterocycles. The number of carbonyl (C=O) groups is 2. The molecule has 1 spiro atoms. The highest BCUT2D eigenvalue weighted by atomic mass is 16.5. The van der Waals surface area contributed by atoms with Crippen molar-refractivity contribution in [3.8, 4) is 11.6 Å². The lowest BCUT2D eigenvalue weighted by Gasteiger charge is -2.46. The summed E-state index contributed by atoms with van der Waals surface area (Å²) in [4.78, 5) is 41.4. The lowest BCUT2D eigenvalue weighted by Crippen LogP contribution is -2.73. The summed E-state index contributed by atoms with van der Waals surface area (Å²) < 4.78 is 11.0. The molecular weight excluding hydrogens is 542 g/mol. The van der Waals surface area contributed by atoms with Crippen molar-refractivity contribution in [1.29, 1.82) is 0 Å². The van der Waals surface area contributed by atoms with E-state index in [0.717, 1.165) is 12.0 Å². The van der Waals surface area contributed by atoms with Crippen molar-refractivity contribution in [3.63, 3.8) is 0 Å². The summed E-state index contributed by atoms with van der Waals surface area (Å²) in [7, 11) is 1.47. The maximum Gasteiger partial charge on any atom is 0.270 e. The number of nitrogens with one attached hydrogen (secondary N) is 3. The fraction of sp³-hybridized carbons (Fsp3) is 0.464. The molecular formula is C28H35N9O5. The number of nitrogens with two attached hydrogens (primary N) is 2. The number of nitrogens with zero attached hydrogens (tertiary/aromatic N) is 4. The quantitative estimate of drug-likeness (QED) is 0.248. The summed E-state index contributed by atoms with van der Waals surface area (Å²) in [6, 6.07) is 8.27. The second kappa shape index (κ2) is 10.0. The number of fused-ring (bicyclic) bond motifs is 1. The molecule has 42 heavy (non-hydrogen) atoms.